The molecule has 0 heterocycles. The molecular formula is C12H18O5. The first kappa shape index (κ1) is 13.9. The molecule has 0 bridgehead atoms. The first-order chi connectivity index (χ1) is 7.62. The molecule has 5 heteroatoms. The Balaban J connectivity index is 3.45. The van der Waals surface area contributed by atoms with Crippen molar-refractivity contribution in [1.82, 2.24) is 0 Å². The zero-order valence-corrected chi connectivity index (χ0v) is 10.2. The van der Waals surface area contributed by atoms with Crippen LogP contribution in [-0.2, 0) is 9.59 Å². The fourth-order valence-electron chi connectivity index (χ4n) is 2.59. The minimum absolute atomic E-state index is 0.245. The fraction of sp³-hybridized carbons (Fsp3) is 0.667. The third-order valence-electron chi connectivity index (χ3n) is 3.91. The van der Waals surface area contributed by atoms with Crippen molar-refractivity contribution in [1.29, 1.82) is 0 Å². The second kappa shape index (κ2) is 3.92. The molecule has 1 saturated carbocycles. The monoisotopic (exact) mass is 242 g/mol. The summed E-state index contributed by atoms with van der Waals surface area (Å²) in [5.41, 5.74) is -4.37. The third-order valence-corrected chi connectivity index (χ3v) is 3.91. The Kier molecular flexibility index (Phi) is 3.20. The largest absolute Gasteiger partial charge is 0.481 e. The Morgan fingerprint density at radius 1 is 1.53 bits per heavy atom. The summed E-state index contributed by atoms with van der Waals surface area (Å²) in [6, 6.07) is 0. The fourth-order valence-corrected chi connectivity index (χ4v) is 2.59. The summed E-state index contributed by atoms with van der Waals surface area (Å²) in [5, 5.41) is 29.8. The van der Waals surface area contributed by atoms with Gasteiger partial charge in [-0.2, -0.15) is 0 Å². The van der Waals surface area contributed by atoms with E-state index in [1.54, 1.807) is 13.8 Å². The molecule has 0 aliphatic heterocycles. The van der Waals surface area contributed by atoms with Gasteiger partial charge < -0.3 is 15.3 Å². The van der Waals surface area contributed by atoms with Crippen LogP contribution in [0.1, 0.15) is 27.2 Å². The number of carbonyl (C=O) groups is 2. The van der Waals surface area contributed by atoms with E-state index < -0.39 is 34.8 Å². The maximum absolute atomic E-state index is 11.8. The molecule has 0 aromatic carbocycles. The highest BCUT2D eigenvalue weighted by Gasteiger charge is 2.67. The van der Waals surface area contributed by atoms with Gasteiger partial charge in [0.2, 0.25) is 0 Å². The summed E-state index contributed by atoms with van der Waals surface area (Å²) in [6.45, 7) is 7.90. The van der Waals surface area contributed by atoms with Crippen molar-refractivity contribution >= 4 is 11.8 Å². The van der Waals surface area contributed by atoms with Crippen molar-refractivity contribution in [2.75, 3.05) is 0 Å². The molecule has 0 unspecified atom stereocenters. The quantitative estimate of drug-likeness (QED) is 0.621. The Morgan fingerprint density at radius 3 is 2.35 bits per heavy atom. The van der Waals surface area contributed by atoms with E-state index in [2.05, 4.69) is 6.58 Å². The molecule has 5 nitrogen and oxygen atoms in total. The molecule has 0 amide bonds. The molecule has 0 radical (unpaired) electrons. The van der Waals surface area contributed by atoms with Crippen LogP contribution in [0.5, 0.6) is 0 Å². The van der Waals surface area contributed by atoms with Crippen LogP contribution in [0.3, 0.4) is 0 Å². The lowest BCUT2D eigenvalue weighted by Crippen LogP contribution is -2.59. The summed E-state index contributed by atoms with van der Waals surface area (Å²) < 4.78 is 0. The van der Waals surface area contributed by atoms with Crippen molar-refractivity contribution < 1.29 is 24.9 Å². The van der Waals surface area contributed by atoms with Gasteiger partial charge in [0.15, 0.2) is 11.4 Å². The van der Waals surface area contributed by atoms with Crippen LogP contribution >= 0.6 is 0 Å². The van der Waals surface area contributed by atoms with Crippen molar-refractivity contribution in [2.45, 2.75) is 38.4 Å². The minimum Gasteiger partial charge on any atom is -0.481 e. The van der Waals surface area contributed by atoms with Crippen LogP contribution in [0.2, 0.25) is 0 Å². The molecule has 3 N–H and O–H groups in total. The number of carboxylic acids is 1. The van der Waals surface area contributed by atoms with Crippen LogP contribution < -0.4 is 0 Å². The van der Waals surface area contributed by atoms with Crippen molar-refractivity contribution in [3.8, 4) is 0 Å². The molecular weight excluding hydrogens is 224 g/mol. The van der Waals surface area contributed by atoms with E-state index in [9.17, 15) is 19.8 Å². The highest BCUT2D eigenvalue weighted by atomic mass is 16.4. The number of aliphatic hydroxyl groups is 2. The Labute approximate surface area is 99.8 Å². The standard InChI is InChI=1S/C12H18O5/c1-5-6(2)12(17)8(10(14)15)7(3)9(13)11(12,4)16/h6,8,16-17H,3,5H2,1-2,4H3,(H,14,15)/t6-,8+,11-,12+/m1/s1. The minimum atomic E-state index is -2.11. The summed E-state index contributed by atoms with van der Waals surface area (Å²) in [7, 11) is 0. The molecule has 1 aliphatic rings. The molecule has 17 heavy (non-hydrogen) atoms. The SMILES string of the molecule is C=C1C(=O)[C@@](C)(O)[C@](O)([C@H](C)CC)[C@@H]1C(=O)O. The smallest absolute Gasteiger partial charge is 0.314 e. The average Bonchev–Trinajstić information content (AvgIpc) is 2.37. The van der Waals surface area contributed by atoms with Gasteiger partial charge in [-0.3, -0.25) is 9.59 Å². The van der Waals surface area contributed by atoms with Gasteiger partial charge in [0.1, 0.15) is 11.5 Å². The van der Waals surface area contributed by atoms with Gasteiger partial charge >= 0.3 is 5.97 Å². The summed E-state index contributed by atoms with van der Waals surface area (Å²) in [6.07, 6.45) is 0.441. The Morgan fingerprint density at radius 2 is 2.00 bits per heavy atom. The number of carbonyl (C=O) groups excluding carboxylic acids is 1. The molecule has 0 saturated heterocycles. The maximum Gasteiger partial charge on any atom is 0.314 e. The first-order valence-corrected chi connectivity index (χ1v) is 5.53. The zero-order valence-electron chi connectivity index (χ0n) is 10.2. The van der Waals surface area contributed by atoms with Gasteiger partial charge in [-0.25, -0.2) is 0 Å². The summed E-state index contributed by atoms with van der Waals surface area (Å²) in [4.78, 5) is 23.0. The predicted molar refractivity (Wildman–Crippen MR) is 60.3 cm³/mol. The van der Waals surface area contributed by atoms with E-state index in [4.69, 9.17) is 5.11 Å². The maximum atomic E-state index is 11.8. The molecule has 96 valence electrons. The predicted octanol–water partition coefficient (Wildman–Crippen LogP) is 0.354. The zero-order chi connectivity index (χ0) is 13.6. The van der Waals surface area contributed by atoms with Gasteiger partial charge in [0, 0.05) is 5.57 Å². The van der Waals surface area contributed by atoms with E-state index in [1.807, 2.05) is 0 Å². The number of aliphatic carboxylic acids is 1. The lowest BCUT2D eigenvalue weighted by molar-refractivity contribution is -0.186. The van der Waals surface area contributed by atoms with Crippen molar-refractivity contribution in [2.24, 2.45) is 11.8 Å². The topological polar surface area (TPSA) is 94.8 Å². The molecule has 0 aromatic heterocycles. The van der Waals surface area contributed by atoms with Gasteiger partial charge in [-0.15, -0.1) is 0 Å². The lowest BCUT2D eigenvalue weighted by atomic mass is 9.71. The van der Waals surface area contributed by atoms with Crippen molar-refractivity contribution in [3.63, 3.8) is 0 Å². The second-order valence-electron chi connectivity index (χ2n) is 4.83. The third kappa shape index (κ3) is 1.53. The lowest BCUT2D eigenvalue weighted by Gasteiger charge is -2.40. The van der Waals surface area contributed by atoms with Gasteiger partial charge in [-0.1, -0.05) is 26.8 Å². The van der Waals surface area contributed by atoms with Crippen LogP contribution in [0.15, 0.2) is 12.2 Å². The van der Waals surface area contributed by atoms with Crippen LogP contribution in [0.4, 0.5) is 0 Å². The van der Waals surface area contributed by atoms with E-state index >= 15 is 0 Å². The summed E-state index contributed by atoms with van der Waals surface area (Å²) >= 11 is 0. The van der Waals surface area contributed by atoms with Crippen LogP contribution in [-0.4, -0.2) is 38.3 Å². The van der Waals surface area contributed by atoms with E-state index in [0.717, 1.165) is 6.92 Å². The molecule has 4 atom stereocenters. The average molecular weight is 242 g/mol. The normalized spacial score (nSPS) is 39.5. The second-order valence-corrected chi connectivity index (χ2v) is 4.83. The molecule has 0 spiro atoms. The first-order valence-electron chi connectivity index (χ1n) is 5.53. The number of carboxylic acid groups (broad SMARTS) is 1. The number of hydrogen-bond donors (Lipinski definition) is 3. The number of ketones is 1. The molecule has 1 rings (SSSR count). The number of hydrogen-bond acceptors (Lipinski definition) is 4. The Bertz CT molecular complexity index is 384. The number of rotatable bonds is 3. The molecule has 0 aromatic rings. The van der Waals surface area contributed by atoms with Gasteiger partial charge in [0.25, 0.3) is 0 Å². The van der Waals surface area contributed by atoms with E-state index in [1.165, 1.54) is 0 Å². The van der Waals surface area contributed by atoms with E-state index in [-0.39, 0.29) is 5.57 Å². The summed E-state index contributed by atoms with van der Waals surface area (Å²) in [5.74, 6) is -4.14. The van der Waals surface area contributed by atoms with Crippen LogP contribution in [0, 0.1) is 11.8 Å². The van der Waals surface area contributed by atoms with Gasteiger partial charge in [-0.05, 0) is 12.8 Å². The number of Topliss-reactive ketones (excluding diaryl/α,β-unsaturated/α-hetero) is 1. The van der Waals surface area contributed by atoms with Crippen molar-refractivity contribution in [3.05, 3.63) is 12.2 Å². The van der Waals surface area contributed by atoms with E-state index in [0.29, 0.717) is 6.42 Å². The molecule has 1 fully saturated rings. The molecule has 1 aliphatic carbocycles. The highest BCUT2D eigenvalue weighted by Crippen LogP contribution is 2.49. The Hall–Kier alpha value is -1.20. The highest BCUT2D eigenvalue weighted by molar-refractivity contribution is 6.10. The van der Waals surface area contributed by atoms with Crippen LogP contribution in [0.25, 0.3) is 0 Å². The van der Waals surface area contributed by atoms with Gasteiger partial charge in [0.05, 0.1) is 0 Å².